The summed E-state index contributed by atoms with van der Waals surface area (Å²) >= 11 is 0. The van der Waals surface area contributed by atoms with Crippen LogP contribution in [0, 0.1) is 0 Å². The second-order valence-electron chi connectivity index (χ2n) is 5.32. The van der Waals surface area contributed by atoms with Crippen molar-refractivity contribution < 1.29 is 22.2 Å². The van der Waals surface area contributed by atoms with Gasteiger partial charge in [0, 0.05) is 23.7 Å². The van der Waals surface area contributed by atoms with E-state index < -0.39 is 22.3 Å². The topological polar surface area (TPSA) is 49.4 Å². The highest BCUT2D eigenvalue weighted by molar-refractivity contribution is 7.86. The number of hydrogen-bond donors (Lipinski definition) is 1. The third-order valence-electron chi connectivity index (χ3n) is 3.38. The largest absolute Gasteiger partial charge is 0.475 e. The van der Waals surface area contributed by atoms with E-state index in [1.807, 2.05) is 30.3 Å². The van der Waals surface area contributed by atoms with Crippen LogP contribution in [0.3, 0.4) is 0 Å². The molecule has 1 atom stereocenters. The second-order valence-corrected chi connectivity index (χ2v) is 6.80. The summed E-state index contributed by atoms with van der Waals surface area (Å²) < 4.78 is 48.6. The van der Waals surface area contributed by atoms with Crippen molar-refractivity contribution in [1.29, 1.82) is 0 Å². The Bertz CT molecular complexity index is 777. The first-order valence-electron chi connectivity index (χ1n) is 7.60. The van der Waals surface area contributed by atoms with Gasteiger partial charge in [0.05, 0.1) is 0 Å². The summed E-state index contributed by atoms with van der Waals surface area (Å²) in [4.78, 5) is 13.5. The molecule has 8 heteroatoms. The maximum absolute atomic E-state index is 12.5. The van der Waals surface area contributed by atoms with Crippen molar-refractivity contribution in [2.24, 2.45) is 0 Å². The molecule has 0 saturated carbocycles. The number of rotatable bonds is 6. The van der Waals surface area contributed by atoms with E-state index in [1.165, 1.54) is 17.0 Å². The molecule has 138 valence electrons. The van der Waals surface area contributed by atoms with Gasteiger partial charge >= 0.3 is 11.5 Å². The van der Waals surface area contributed by atoms with Gasteiger partial charge in [0.25, 0.3) is 0 Å². The van der Waals surface area contributed by atoms with E-state index in [9.17, 15) is 22.2 Å². The molecule has 0 aromatic heterocycles. The molecule has 4 nitrogen and oxygen atoms in total. The Hall–Kier alpha value is -2.61. The van der Waals surface area contributed by atoms with Crippen LogP contribution in [0.15, 0.2) is 72.1 Å². The highest BCUT2D eigenvalue weighted by Crippen LogP contribution is 2.27. The van der Waals surface area contributed by atoms with E-state index >= 15 is 0 Å². The number of amides is 2. The minimum atomic E-state index is -4.82. The lowest BCUT2D eigenvalue weighted by molar-refractivity contribution is -0.0384. The minimum Gasteiger partial charge on any atom is -0.316 e. The molecule has 2 rings (SSSR count). The van der Waals surface area contributed by atoms with Gasteiger partial charge in [-0.05, 0) is 29.8 Å². The van der Waals surface area contributed by atoms with Crippen molar-refractivity contribution in [3.8, 4) is 0 Å². The zero-order valence-corrected chi connectivity index (χ0v) is 14.5. The molecular formula is C18H17F3N2O2S. The molecule has 2 aromatic rings. The summed E-state index contributed by atoms with van der Waals surface area (Å²) in [5.41, 5.74) is -3.58. The van der Waals surface area contributed by atoms with Crippen molar-refractivity contribution in [2.75, 3.05) is 11.9 Å². The smallest absolute Gasteiger partial charge is 0.316 e. The Morgan fingerprint density at radius 2 is 1.73 bits per heavy atom. The number of hydrogen-bond acceptors (Lipinski definition) is 2. The quantitative estimate of drug-likeness (QED) is 0.746. The van der Waals surface area contributed by atoms with E-state index in [0.717, 1.165) is 17.7 Å². The number of nitrogens with one attached hydrogen (secondary N) is 1. The number of anilines is 1. The van der Waals surface area contributed by atoms with Gasteiger partial charge in [-0.1, -0.05) is 36.4 Å². The molecule has 0 spiro atoms. The van der Waals surface area contributed by atoms with Crippen LogP contribution in [0.5, 0.6) is 0 Å². The van der Waals surface area contributed by atoms with Gasteiger partial charge < -0.3 is 10.2 Å². The number of benzene rings is 2. The van der Waals surface area contributed by atoms with Crippen LogP contribution in [0.1, 0.15) is 5.56 Å². The Balaban J connectivity index is 2.06. The molecule has 0 aliphatic carbocycles. The number of carbonyl (C=O) groups is 1. The first-order valence-corrected chi connectivity index (χ1v) is 8.75. The Morgan fingerprint density at radius 3 is 2.27 bits per heavy atom. The Kier molecular flexibility index (Phi) is 6.57. The van der Waals surface area contributed by atoms with E-state index in [-0.39, 0.29) is 4.90 Å². The standard InChI is InChI=1S/C18H17F3N2O2S/c1-2-12-23(13-14-6-4-3-5-7-14)17(24)22-15-8-10-16(11-9-15)26(25)18(19,20)21/h2-11H,1,12-13H2,(H,22,24)/t26-/m0/s1. The fourth-order valence-electron chi connectivity index (χ4n) is 2.18. The Morgan fingerprint density at radius 1 is 1.12 bits per heavy atom. The lowest BCUT2D eigenvalue weighted by atomic mass is 10.2. The fraction of sp³-hybridized carbons (Fsp3) is 0.167. The highest BCUT2D eigenvalue weighted by atomic mass is 32.2. The van der Waals surface area contributed by atoms with E-state index in [0.29, 0.717) is 18.8 Å². The SMILES string of the molecule is C=CCN(Cc1ccccc1)C(=O)Nc1ccc([S@](=O)C(F)(F)F)cc1. The molecule has 0 radical (unpaired) electrons. The normalized spacial score (nSPS) is 12.3. The minimum absolute atomic E-state index is 0.302. The molecular weight excluding hydrogens is 365 g/mol. The molecule has 2 amide bonds. The van der Waals surface area contributed by atoms with Gasteiger partial charge in [-0.2, -0.15) is 13.2 Å². The van der Waals surface area contributed by atoms with Crippen LogP contribution in [0.4, 0.5) is 23.7 Å². The lowest BCUT2D eigenvalue weighted by Gasteiger charge is -2.22. The van der Waals surface area contributed by atoms with Gasteiger partial charge in [-0.3, -0.25) is 0 Å². The number of urea groups is 1. The average molecular weight is 382 g/mol. The van der Waals surface area contributed by atoms with Crippen LogP contribution >= 0.6 is 0 Å². The molecule has 26 heavy (non-hydrogen) atoms. The lowest BCUT2D eigenvalue weighted by Crippen LogP contribution is -2.34. The third kappa shape index (κ3) is 5.45. The number of halogens is 3. The van der Waals surface area contributed by atoms with Crippen molar-refractivity contribution in [1.82, 2.24) is 4.90 Å². The molecule has 0 saturated heterocycles. The Labute approximate surface area is 151 Å². The molecule has 0 fully saturated rings. The number of nitrogens with zero attached hydrogens (tertiary/aromatic N) is 1. The first kappa shape index (κ1) is 19.7. The van der Waals surface area contributed by atoms with Crippen molar-refractivity contribution in [3.05, 3.63) is 72.8 Å². The zero-order valence-electron chi connectivity index (χ0n) is 13.7. The van der Waals surface area contributed by atoms with Crippen LogP contribution in [-0.4, -0.2) is 27.2 Å². The summed E-state index contributed by atoms with van der Waals surface area (Å²) in [5, 5.41) is 2.61. The van der Waals surface area contributed by atoms with Crippen LogP contribution in [0.25, 0.3) is 0 Å². The summed E-state index contributed by atoms with van der Waals surface area (Å²) in [5.74, 6) is 0. The van der Waals surface area contributed by atoms with Crippen molar-refractivity contribution >= 4 is 22.5 Å². The molecule has 0 unspecified atom stereocenters. The van der Waals surface area contributed by atoms with Crippen LogP contribution in [0.2, 0.25) is 0 Å². The third-order valence-corrected chi connectivity index (χ3v) is 4.50. The average Bonchev–Trinajstić information content (AvgIpc) is 2.61. The predicted molar refractivity (Wildman–Crippen MR) is 95.0 cm³/mol. The molecule has 0 aliphatic rings. The van der Waals surface area contributed by atoms with Gasteiger partial charge in [0.1, 0.15) is 0 Å². The second kappa shape index (κ2) is 8.66. The van der Waals surface area contributed by atoms with Crippen molar-refractivity contribution in [3.63, 3.8) is 0 Å². The van der Waals surface area contributed by atoms with Crippen molar-refractivity contribution in [2.45, 2.75) is 16.9 Å². The van der Waals surface area contributed by atoms with Gasteiger partial charge in [0.2, 0.25) is 0 Å². The number of alkyl halides is 3. The summed E-state index contributed by atoms with van der Waals surface area (Å²) in [6.07, 6.45) is 1.58. The number of carbonyl (C=O) groups excluding carboxylic acids is 1. The van der Waals surface area contributed by atoms with E-state index in [1.54, 1.807) is 6.08 Å². The van der Waals surface area contributed by atoms with Gasteiger partial charge in [0.15, 0.2) is 10.8 Å². The van der Waals surface area contributed by atoms with Crippen LogP contribution in [-0.2, 0) is 17.3 Å². The van der Waals surface area contributed by atoms with Crippen LogP contribution < -0.4 is 5.32 Å². The summed E-state index contributed by atoms with van der Waals surface area (Å²) in [6.45, 7) is 4.28. The highest BCUT2D eigenvalue weighted by Gasteiger charge is 2.37. The maximum Gasteiger partial charge on any atom is 0.475 e. The predicted octanol–water partition coefficient (Wildman–Crippen LogP) is 4.53. The maximum atomic E-state index is 12.5. The molecule has 1 N–H and O–H groups in total. The molecule has 0 heterocycles. The first-order chi connectivity index (χ1) is 12.3. The fourth-order valence-corrected chi connectivity index (χ4v) is 2.83. The van der Waals surface area contributed by atoms with Gasteiger partial charge in [-0.15, -0.1) is 6.58 Å². The molecule has 0 bridgehead atoms. The summed E-state index contributed by atoms with van der Waals surface area (Å²) in [6, 6.07) is 13.7. The zero-order chi connectivity index (χ0) is 19.2. The van der Waals surface area contributed by atoms with Gasteiger partial charge in [-0.25, -0.2) is 9.00 Å². The molecule has 0 aliphatic heterocycles. The summed E-state index contributed by atoms with van der Waals surface area (Å²) in [7, 11) is -3.10. The van der Waals surface area contributed by atoms with E-state index in [4.69, 9.17) is 0 Å². The van der Waals surface area contributed by atoms with E-state index in [2.05, 4.69) is 11.9 Å². The molecule has 2 aromatic carbocycles. The monoisotopic (exact) mass is 382 g/mol.